The normalized spacial score (nSPS) is 10.2. The quantitative estimate of drug-likeness (QED) is 0.360. The highest BCUT2D eigenvalue weighted by molar-refractivity contribution is 6.17. The van der Waals surface area contributed by atoms with E-state index in [0.29, 0.717) is 0 Å². The molecule has 0 saturated heterocycles. The number of rotatable bonds is 2. The zero-order chi connectivity index (χ0) is 10.7. The van der Waals surface area contributed by atoms with Gasteiger partial charge in [-0.3, -0.25) is 4.99 Å². The molecule has 0 atom stereocenters. The second-order valence-corrected chi connectivity index (χ2v) is 3.78. The molecule has 0 aliphatic rings. The van der Waals surface area contributed by atoms with Crippen LogP contribution in [0.2, 0.25) is 0 Å². The number of nitrogens with one attached hydrogen (secondary N) is 1. The van der Waals surface area contributed by atoms with Crippen LogP contribution in [-0.2, 0) is 8.85 Å². The summed E-state index contributed by atoms with van der Waals surface area (Å²) in [5.41, 5.74) is 0. The first-order chi connectivity index (χ1) is 6.13. The summed E-state index contributed by atoms with van der Waals surface area (Å²) in [7, 11) is 10.2. The fraction of sp³-hybridized carbons (Fsp3) is 0.857. The molecule has 0 amide bonds. The summed E-state index contributed by atoms with van der Waals surface area (Å²) in [6.45, 7) is 0. The average molecular weight is 207 g/mol. The minimum Gasteiger partial charge on any atom is -0.402 e. The van der Waals surface area contributed by atoms with Crippen LogP contribution in [-0.4, -0.2) is 63.3 Å². The molecule has 6 heteroatoms. The van der Waals surface area contributed by atoms with Gasteiger partial charge in [0, 0.05) is 42.4 Å². The molecule has 1 N–H and O–H groups in total. The van der Waals surface area contributed by atoms with Crippen LogP contribution in [0.25, 0.3) is 0 Å². The Bertz CT molecular complexity index is 129. The zero-order valence-corrected chi connectivity index (χ0v) is 10.8. The molecule has 0 radical (unpaired) electrons. The molecule has 0 bridgehead atoms. The predicted molar refractivity (Wildman–Crippen MR) is 58.7 cm³/mol. The Labute approximate surface area is 83.2 Å². The monoisotopic (exact) mass is 207 g/mol. The highest BCUT2D eigenvalue weighted by Crippen LogP contribution is 1.73. The highest BCUT2D eigenvalue weighted by atomic mass is 28.3. The molecule has 5 nitrogen and oxygen atoms in total. The Balaban J connectivity index is 0. The number of guanidine groups is 1. The van der Waals surface area contributed by atoms with E-state index in [9.17, 15) is 0 Å². The van der Waals surface area contributed by atoms with Gasteiger partial charge in [-0.1, -0.05) is 0 Å². The molecule has 0 saturated carbocycles. The molecule has 0 spiro atoms. The second kappa shape index (κ2) is 11.4. The van der Waals surface area contributed by atoms with Crippen molar-refractivity contribution in [1.82, 2.24) is 10.2 Å². The molecular formula is C7H21N3O2Si. The Morgan fingerprint density at radius 1 is 1.31 bits per heavy atom. The number of nitrogens with zero attached hydrogens (tertiary/aromatic N) is 2. The average Bonchev–Trinajstić information content (AvgIpc) is 2.08. The van der Waals surface area contributed by atoms with Crippen LogP contribution in [0.5, 0.6) is 0 Å². The Morgan fingerprint density at radius 2 is 1.77 bits per heavy atom. The third-order valence-corrected chi connectivity index (χ3v) is 1.57. The van der Waals surface area contributed by atoms with Crippen LogP contribution in [0.4, 0.5) is 0 Å². The summed E-state index contributed by atoms with van der Waals surface area (Å²) in [5, 5.41) is 2.93. The first-order valence-electron chi connectivity index (χ1n) is 3.93. The maximum Gasteiger partial charge on any atom is 0.303 e. The molecule has 0 aromatic rings. The minimum absolute atomic E-state index is 0.568. The smallest absolute Gasteiger partial charge is 0.303 e. The fourth-order valence-corrected chi connectivity index (χ4v) is 0.889. The Morgan fingerprint density at radius 3 is 1.77 bits per heavy atom. The molecule has 0 aromatic heterocycles. The van der Waals surface area contributed by atoms with Crippen molar-refractivity contribution in [2.45, 2.75) is 0 Å². The molecule has 13 heavy (non-hydrogen) atoms. The van der Waals surface area contributed by atoms with E-state index in [-0.39, 0.29) is 0 Å². The molecule has 0 aliphatic carbocycles. The van der Waals surface area contributed by atoms with Crippen molar-refractivity contribution < 1.29 is 8.85 Å². The van der Waals surface area contributed by atoms with Gasteiger partial charge >= 0.3 is 10.0 Å². The van der Waals surface area contributed by atoms with Gasteiger partial charge in [0.1, 0.15) is 0 Å². The van der Waals surface area contributed by atoms with E-state index < -0.39 is 10.0 Å². The number of hydrogen-bond acceptors (Lipinski definition) is 3. The summed E-state index contributed by atoms with van der Waals surface area (Å²) in [6.07, 6.45) is 0. The van der Waals surface area contributed by atoms with E-state index in [2.05, 4.69) is 19.2 Å². The van der Waals surface area contributed by atoms with E-state index >= 15 is 0 Å². The fourth-order valence-electron chi connectivity index (χ4n) is 0.653. The summed E-state index contributed by atoms with van der Waals surface area (Å²) in [5.74, 6) is 0.894. The van der Waals surface area contributed by atoms with E-state index in [4.69, 9.17) is 0 Å². The molecule has 0 unspecified atom stereocenters. The molecule has 0 heterocycles. The molecule has 0 aromatic carbocycles. The number of aliphatic imine (C=N–C) groups is 1. The van der Waals surface area contributed by atoms with Gasteiger partial charge in [-0.25, -0.2) is 0 Å². The molecule has 80 valence electrons. The van der Waals surface area contributed by atoms with Crippen LogP contribution >= 0.6 is 0 Å². The van der Waals surface area contributed by atoms with E-state index in [1.807, 2.05) is 26.0 Å². The lowest BCUT2D eigenvalue weighted by atomic mass is 10.8. The van der Waals surface area contributed by atoms with Crippen LogP contribution in [0, 0.1) is 0 Å². The first kappa shape index (κ1) is 14.9. The third-order valence-electron chi connectivity index (χ3n) is 1.09. The summed E-state index contributed by atoms with van der Waals surface area (Å²) >= 11 is 0. The van der Waals surface area contributed by atoms with Gasteiger partial charge in [-0.05, 0) is 0 Å². The van der Waals surface area contributed by atoms with Gasteiger partial charge < -0.3 is 19.1 Å². The topological polar surface area (TPSA) is 46.1 Å². The van der Waals surface area contributed by atoms with Crippen molar-refractivity contribution >= 4 is 16.0 Å². The molecule has 0 aliphatic heterocycles. The first-order valence-corrected chi connectivity index (χ1v) is 5.09. The van der Waals surface area contributed by atoms with Gasteiger partial charge in [0.15, 0.2) is 5.96 Å². The van der Waals surface area contributed by atoms with E-state index in [1.165, 1.54) is 0 Å². The zero-order valence-electron chi connectivity index (χ0n) is 9.42. The lowest BCUT2D eigenvalue weighted by Gasteiger charge is -2.12. The van der Waals surface area contributed by atoms with E-state index in [1.54, 1.807) is 21.3 Å². The van der Waals surface area contributed by atoms with Crippen LogP contribution in [0.3, 0.4) is 0 Å². The second-order valence-electron chi connectivity index (χ2n) is 2.39. The van der Waals surface area contributed by atoms with Crippen LogP contribution in [0.1, 0.15) is 0 Å². The van der Waals surface area contributed by atoms with Crippen molar-refractivity contribution in [2.75, 3.05) is 42.4 Å². The maximum atomic E-state index is 4.61. The lowest BCUT2D eigenvalue weighted by Crippen LogP contribution is -2.33. The predicted octanol–water partition coefficient (Wildman–Crippen LogP) is -0.969. The van der Waals surface area contributed by atoms with Gasteiger partial charge in [0.2, 0.25) is 0 Å². The summed E-state index contributed by atoms with van der Waals surface area (Å²) < 4.78 is 9.22. The van der Waals surface area contributed by atoms with Crippen molar-refractivity contribution in [2.24, 2.45) is 4.99 Å². The van der Waals surface area contributed by atoms with Crippen molar-refractivity contribution in [1.29, 1.82) is 0 Å². The maximum absolute atomic E-state index is 4.61. The van der Waals surface area contributed by atoms with E-state index in [0.717, 1.165) is 5.96 Å². The number of hydrogen-bond donors (Lipinski definition) is 1. The highest BCUT2D eigenvalue weighted by Gasteiger charge is 1.91. The minimum atomic E-state index is -0.568. The summed E-state index contributed by atoms with van der Waals surface area (Å²) in [4.78, 5) is 5.85. The van der Waals surface area contributed by atoms with Gasteiger partial charge in [0.25, 0.3) is 0 Å². The van der Waals surface area contributed by atoms with Gasteiger partial charge in [-0.15, -0.1) is 0 Å². The van der Waals surface area contributed by atoms with Gasteiger partial charge in [-0.2, -0.15) is 0 Å². The van der Waals surface area contributed by atoms with Gasteiger partial charge in [0.05, 0.1) is 0 Å². The molecule has 0 rings (SSSR count). The Kier molecular flexibility index (Phi) is 13.1. The van der Waals surface area contributed by atoms with Crippen molar-refractivity contribution in [3.63, 3.8) is 0 Å². The largest absolute Gasteiger partial charge is 0.402 e. The van der Waals surface area contributed by atoms with Crippen LogP contribution in [0.15, 0.2) is 4.99 Å². The SMILES string of the molecule is CN=C(NC)N(C)C.CO[SiH2]OC. The Hall–Kier alpha value is -0.593. The summed E-state index contributed by atoms with van der Waals surface area (Å²) in [6, 6.07) is 0. The third kappa shape index (κ3) is 11.4. The van der Waals surface area contributed by atoms with Crippen LogP contribution < -0.4 is 5.32 Å². The van der Waals surface area contributed by atoms with Crippen molar-refractivity contribution in [3.05, 3.63) is 0 Å². The standard InChI is InChI=1S/C5H13N3.C2H8O2Si/c1-6-5(7-2)8(3)4;1-3-5-4-2/h1-4H3,(H,6,7);5H2,1-2H3. The molecular weight excluding hydrogens is 186 g/mol. The van der Waals surface area contributed by atoms with Crippen molar-refractivity contribution in [3.8, 4) is 0 Å². The molecule has 0 fully saturated rings. The lowest BCUT2D eigenvalue weighted by molar-refractivity contribution is 0.309.